The fourth-order valence-corrected chi connectivity index (χ4v) is 0.939. The number of alkyl halides is 1. The molecule has 0 saturated heterocycles. The van der Waals surface area contributed by atoms with Crippen LogP contribution in [0.15, 0.2) is 12.1 Å². The molecule has 0 aromatic heterocycles. The van der Waals surface area contributed by atoms with E-state index in [1.165, 1.54) is 0 Å². The van der Waals surface area contributed by atoms with Crippen LogP contribution in [-0.4, -0.2) is 6.67 Å². The van der Waals surface area contributed by atoms with E-state index in [2.05, 4.69) is 6.92 Å². The van der Waals surface area contributed by atoms with Crippen molar-refractivity contribution in [2.24, 2.45) is 0 Å². The standard InChI is InChI=1S/C9H7F4/c1-5(4-10)6-2-3-7(11)9(13)8(6)12/h2-3,5H,1,4H2. The van der Waals surface area contributed by atoms with Gasteiger partial charge in [-0.05, 0) is 18.6 Å². The van der Waals surface area contributed by atoms with E-state index in [1.807, 2.05) is 0 Å². The van der Waals surface area contributed by atoms with Crippen molar-refractivity contribution in [3.05, 3.63) is 42.1 Å². The van der Waals surface area contributed by atoms with E-state index in [0.29, 0.717) is 0 Å². The minimum absolute atomic E-state index is 0.249. The van der Waals surface area contributed by atoms with E-state index in [1.54, 1.807) is 0 Å². The summed E-state index contributed by atoms with van der Waals surface area (Å²) in [6.07, 6.45) is 0. The van der Waals surface area contributed by atoms with Crippen LogP contribution in [0.2, 0.25) is 0 Å². The van der Waals surface area contributed by atoms with Gasteiger partial charge >= 0.3 is 0 Å². The van der Waals surface area contributed by atoms with Crippen molar-refractivity contribution in [1.82, 2.24) is 0 Å². The molecule has 0 bridgehead atoms. The van der Waals surface area contributed by atoms with Crippen molar-refractivity contribution in [2.75, 3.05) is 6.67 Å². The lowest BCUT2D eigenvalue weighted by molar-refractivity contribution is 0.420. The molecule has 1 aromatic rings. The largest absolute Gasteiger partial charge is 0.250 e. The first-order valence-corrected chi connectivity index (χ1v) is 3.60. The van der Waals surface area contributed by atoms with Gasteiger partial charge in [-0.1, -0.05) is 6.07 Å². The van der Waals surface area contributed by atoms with Gasteiger partial charge in [-0.15, -0.1) is 0 Å². The van der Waals surface area contributed by atoms with E-state index in [0.717, 1.165) is 12.1 Å². The third-order valence-corrected chi connectivity index (χ3v) is 1.69. The van der Waals surface area contributed by atoms with Crippen LogP contribution in [0.25, 0.3) is 0 Å². The summed E-state index contributed by atoms with van der Waals surface area (Å²) in [5, 5.41) is 0. The SMILES string of the molecule is [CH2]C(CF)c1ccc(F)c(F)c1F. The molecule has 1 rings (SSSR count). The Kier molecular flexibility index (Phi) is 2.90. The monoisotopic (exact) mass is 191 g/mol. The minimum Gasteiger partial charge on any atom is -0.250 e. The Morgan fingerprint density at radius 3 is 2.31 bits per heavy atom. The van der Waals surface area contributed by atoms with Crippen LogP contribution >= 0.6 is 0 Å². The van der Waals surface area contributed by atoms with Crippen LogP contribution < -0.4 is 0 Å². The maximum Gasteiger partial charge on any atom is 0.194 e. The van der Waals surface area contributed by atoms with Crippen molar-refractivity contribution in [3.63, 3.8) is 0 Å². The zero-order valence-corrected chi connectivity index (χ0v) is 6.66. The molecule has 1 unspecified atom stereocenters. The summed E-state index contributed by atoms with van der Waals surface area (Å²) in [5.41, 5.74) is -0.249. The van der Waals surface area contributed by atoms with E-state index < -0.39 is 30.0 Å². The molecule has 4 heteroatoms. The molecule has 13 heavy (non-hydrogen) atoms. The molecule has 0 N–H and O–H groups in total. The lowest BCUT2D eigenvalue weighted by Gasteiger charge is -2.08. The van der Waals surface area contributed by atoms with E-state index >= 15 is 0 Å². The second kappa shape index (κ2) is 3.77. The molecule has 0 saturated carbocycles. The van der Waals surface area contributed by atoms with Crippen molar-refractivity contribution >= 4 is 0 Å². The average molecular weight is 191 g/mol. The van der Waals surface area contributed by atoms with Gasteiger partial charge in [-0.3, -0.25) is 4.39 Å². The average Bonchev–Trinajstić information content (AvgIpc) is 2.13. The molecule has 0 aliphatic heterocycles. The van der Waals surface area contributed by atoms with Crippen LogP contribution in [0, 0.1) is 24.4 Å². The zero-order chi connectivity index (χ0) is 10.0. The molecule has 0 amide bonds. The van der Waals surface area contributed by atoms with Gasteiger partial charge in [-0.2, -0.15) is 0 Å². The molecule has 1 atom stereocenters. The third kappa shape index (κ3) is 1.82. The van der Waals surface area contributed by atoms with E-state index in [4.69, 9.17) is 0 Å². The van der Waals surface area contributed by atoms with Crippen LogP contribution in [0.1, 0.15) is 11.5 Å². The van der Waals surface area contributed by atoms with Crippen molar-refractivity contribution < 1.29 is 17.6 Å². The van der Waals surface area contributed by atoms with E-state index in [-0.39, 0.29) is 5.56 Å². The molecule has 0 fully saturated rings. The second-order valence-corrected chi connectivity index (χ2v) is 2.62. The number of benzene rings is 1. The molecule has 0 aliphatic rings. The summed E-state index contributed by atoms with van der Waals surface area (Å²) in [4.78, 5) is 0. The molecule has 1 aromatic carbocycles. The fourth-order valence-electron chi connectivity index (χ4n) is 0.939. The molecule has 0 aliphatic carbocycles. The van der Waals surface area contributed by atoms with Crippen molar-refractivity contribution in [1.29, 1.82) is 0 Å². The summed E-state index contributed by atoms with van der Waals surface area (Å²) in [6.45, 7) is 2.34. The van der Waals surface area contributed by atoms with Crippen molar-refractivity contribution in [2.45, 2.75) is 5.92 Å². The molecule has 1 radical (unpaired) electrons. The first-order valence-electron chi connectivity index (χ1n) is 3.60. The lowest BCUT2D eigenvalue weighted by atomic mass is 10.0. The molecular formula is C9H7F4. The Balaban J connectivity index is 3.18. The number of rotatable bonds is 2. The molecule has 71 valence electrons. The lowest BCUT2D eigenvalue weighted by Crippen LogP contribution is -2.03. The predicted molar refractivity (Wildman–Crippen MR) is 40.4 cm³/mol. The van der Waals surface area contributed by atoms with Gasteiger partial charge in [0.1, 0.15) is 0 Å². The van der Waals surface area contributed by atoms with Crippen molar-refractivity contribution in [3.8, 4) is 0 Å². The topological polar surface area (TPSA) is 0 Å². The Morgan fingerprint density at radius 2 is 1.77 bits per heavy atom. The summed E-state index contributed by atoms with van der Waals surface area (Å²) in [5.74, 6) is -5.24. The fraction of sp³-hybridized carbons (Fsp3) is 0.222. The predicted octanol–water partition coefficient (Wildman–Crippen LogP) is 2.99. The van der Waals surface area contributed by atoms with Gasteiger partial charge in [0.25, 0.3) is 0 Å². The van der Waals surface area contributed by atoms with Crippen LogP contribution in [-0.2, 0) is 0 Å². The summed E-state index contributed by atoms with van der Waals surface area (Å²) >= 11 is 0. The van der Waals surface area contributed by atoms with Gasteiger partial charge in [-0.25, -0.2) is 13.2 Å². The van der Waals surface area contributed by atoms with Crippen LogP contribution in [0.3, 0.4) is 0 Å². The van der Waals surface area contributed by atoms with E-state index in [9.17, 15) is 17.6 Å². The highest BCUT2D eigenvalue weighted by atomic mass is 19.2. The van der Waals surface area contributed by atoms with Crippen LogP contribution in [0.4, 0.5) is 17.6 Å². The summed E-state index contributed by atoms with van der Waals surface area (Å²) in [7, 11) is 0. The smallest absolute Gasteiger partial charge is 0.194 e. The van der Waals surface area contributed by atoms with Gasteiger partial charge < -0.3 is 0 Å². The normalized spacial score (nSPS) is 13.0. The summed E-state index contributed by atoms with van der Waals surface area (Å²) in [6, 6.07) is 1.74. The Morgan fingerprint density at radius 1 is 1.15 bits per heavy atom. The molecule has 0 spiro atoms. The third-order valence-electron chi connectivity index (χ3n) is 1.69. The Labute approximate surface area is 73.2 Å². The van der Waals surface area contributed by atoms with Gasteiger partial charge in [0.05, 0.1) is 6.67 Å². The molecule has 0 heterocycles. The number of halogens is 4. The number of hydrogen-bond acceptors (Lipinski definition) is 0. The highest BCUT2D eigenvalue weighted by Crippen LogP contribution is 2.22. The van der Waals surface area contributed by atoms with Gasteiger partial charge in [0.15, 0.2) is 17.5 Å². The second-order valence-electron chi connectivity index (χ2n) is 2.62. The maximum atomic E-state index is 12.9. The minimum atomic E-state index is -1.58. The maximum absolute atomic E-state index is 12.9. The highest BCUT2D eigenvalue weighted by molar-refractivity contribution is 5.24. The zero-order valence-electron chi connectivity index (χ0n) is 6.66. The Hall–Kier alpha value is -1.06. The summed E-state index contributed by atoms with van der Waals surface area (Å²) < 4.78 is 49.9. The quantitative estimate of drug-likeness (QED) is 0.498. The van der Waals surface area contributed by atoms with Gasteiger partial charge in [0, 0.05) is 5.92 Å². The molecule has 0 nitrogen and oxygen atoms in total. The first kappa shape index (κ1) is 10.0. The highest BCUT2D eigenvalue weighted by Gasteiger charge is 2.17. The molecular weight excluding hydrogens is 184 g/mol. The van der Waals surface area contributed by atoms with Gasteiger partial charge in [0.2, 0.25) is 0 Å². The van der Waals surface area contributed by atoms with Crippen LogP contribution in [0.5, 0.6) is 0 Å². The first-order chi connectivity index (χ1) is 6.07. The Bertz CT molecular complexity index is 309. The number of hydrogen-bond donors (Lipinski definition) is 0.